The second kappa shape index (κ2) is 9.82. The van der Waals surface area contributed by atoms with Gasteiger partial charge in [0.05, 0.1) is 22.2 Å². The molecule has 1 heterocycles. The molecular weight excluding hydrogens is 453 g/mol. The number of aliphatic hydroxyl groups excluding tert-OH is 3. The second-order valence-electron chi connectivity index (χ2n) is 6.78. The highest BCUT2D eigenvalue weighted by atomic mass is 35.5. The lowest BCUT2D eigenvalue weighted by molar-refractivity contribution is -0.286. The van der Waals surface area contributed by atoms with E-state index in [9.17, 15) is 24.9 Å². The number of ether oxygens (including phenoxy) is 2. The molecule has 0 bridgehead atoms. The number of aliphatic hydroxyl groups is 3. The number of carboxylic acids is 1. The summed E-state index contributed by atoms with van der Waals surface area (Å²) in [4.78, 5) is 23.6. The molecule has 31 heavy (non-hydrogen) atoms. The first kappa shape index (κ1) is 23.3. The van der Waals surface area contributed by atoms with Crippen molar-refractivity contribution in [3.05, 3.63) is 58.1 Å². The van der Waals surface area contributed by atoms with Gasteiger partial charge in [-0.3, -0.25) is 4.79 Å². The summed E-state index contributed by atoms with van der Waals surface area (Å²) in [6.07, 6.45) is -9.51. The predicted octanol–water partition coefficient (Wildman–Crippen LogP) is 1.71. The molecule has 9 nitrogen and oxygen atoms in total. The zero-order valence-corrected chi connectivity index (χ0v) is 17.3. The summed E-state index contributed by atoms with van der Waals surface area (Å²) in [6.45, 7) is 0. The molecule has 3 rings (SSSR count). The highest BCUT2D eigenvalue weighted by Crippen LogP contribution is 2.34. The van der Waals surface area contributed by atoms with E-state index in [-0.39, 0.29) is 6.42 Å². The highest BCUT2D eigenvalue weighted by Gasteiger charge is 2.48. The first-order valence-corrected chi connectivity index (χ1v) is 9.85. The molecule has 1 aliphatic heterocycles. The van der Waals surface area contributed by atoms with Crippen LogP contribution in [0.2, 0.25) is 10.0 Å². The fraction of sp³-hybridized carbons (Fsp3) is 0.300. The van der Waals surface area contributed by atoms with Crippen molar-refractivity contribution >= 4 is 46.5 Å². The summed E-state index contributed by atoms with van der Waals surface area (Å²) in [7, 11) is 0. The summed E-state index contributed by atoms with van der Waals surface area (Å²) in [6, 6.07) is 11.7. The van der Waals surface area contributed by atoms with Crippen LogP contribution in [0.25, 0.3) is 0 Å². The van der Waals surface area contributed by atoms with Crippen LogP contribution in [0.4, 0.5) is 11.4 Å². The molecule has 166 valence electrons. The van der Waals surface area contributed by atoms with E-state index in [0.29, 0.717) is 27.0 Å². The third kappa shape index (κ3) is 5.27. The van der Waals surface area contributed by atoms with E-state index in [1.807, 2.05) is 0 Å². The summed E-state index contributed by atoms with van der Waals surface area (Å²) in [5, 5.41) is 42.4. The Labute approximate surface area is 186 Å². The van der Waals surface area contributed by atoms with Gasteiger partial charge in [0.25, 0.3) is 0 Å². The molecule has 0 unspecified atom stereocenters. The summed E-state index contributed by atoms with van der Waals surface area (Å²) >= 11 is 12.3. The molecule has 1 saturated heterocycles. The molecule has 11 heteroatoms. The van der Waals surface area contributed by atoms with Crippen molar-refractivity contribution < 1.29 is 39.5 Å². The van der Waals surface area contributed by atoms with Gasteiger partial charge in [-0.05, 0) is 23.8 Å². The van der Waals surface area contributed by atoms with E-state index in [1.54, 1.807) is 42.5 Å². The van der Waals surface area contributed by atoms with Crippen LogP contribution >= 0.6 is 23.2 Å². The zero-order chi connectivity index (χ0) is 22.7. The van der Waals surface area contributed by atoms with Gasteiger partial charge in [0.1, 0.15) is 18.3 Å². The van der Waals surface area contributed by atoms with Gasteiger partial charge in [0.15, 0.2) is 6.10 Å². The van der Waals surface area contributed by atoms with Gasteiger partial charge in [0.2, 0.25) is 6.29 Å². The van der Waals surface area contributed by atoms with Gasteiger partial charge in [0, 0.05) is 5.69 Å². The van der Waals surface area contributed by atoms with Crippen LogP contribution < -0.4 is 5.32 Å². The Morgan fingerprint density at radius 2 is 1.61 bits per heavy atom. The normalized spacial score (nSPS) is 25.6. The van der Waals surface area contributed by atoms with Gasteiger partial charge in [-0.15, -0.1) is 0 Å². The molecule has 0 saturated carbocycles. The number of carboxylic acid groups (broad SMARTS) is 1. The van der Waals surface area contributed by atoms with E-state index in [1.165, 1.54) is 0 Å². The van der Waals surface area contributed by atoms with Crippen molar-refractivity contribution in [2.75, 3.05) is 5.32 Å². The van der Waals surface area contributed by atoms with Crippen LogP contribution in [0, 0.1) is 0 Å². The number of benzene rings is 2. The molecule has 1 aliphatic rings. The number of hydrogen-bond donors (Lipinski definition) is 5. The largest absolute Gasteiger partial charge is 0.479 e. The maximum Gasteiger partial charge on any atom is 0.335 e. The number of carbonyl (C=O) groups excluding carboxylic acids is 1. The molecule has 0 spiro atoms. The third-order valence-electron chi connectivity index (χ3n) is 4.64. The quantitative estimate of drug-likeness (QED) is 0.397. The first-order valence-electron chi connectivity index (χ1n) is 9.10. The molecule has 0 amide bonds. The zero-order valence-electron chi connectivity index (χ0n) is 15.8. The minimum Gasteiger partial charge on any atom is -0.479 e. The van der Waals surface area contributed by atoms with E-state index >= 15 is 0 Å². The Morgan fingerprint density at radius 3 is 2.26 bits per heavy atom. The van der Waals surface area contributed by atoms with Gasteiger partial charge in [-0.25, -0.2) is 4.79 Å². The van der Waals surface area contributed by atoms with Crippen LogP contribution in [0.5, 0.6) is 0 Å². The van der Waals surface area contributed by atoms with Gasteiger partial charge in [-0.1, -0.05) is 47.5 Å². The second-order valence-corrected chi connectivity index (χ2v) is 7.59. The number of para-hydroxylation sites is 2. The maximum atomic E-state index is 12.4. The van der Waals surface area contributed by atoms with Crippen LogP contribution in [0.15, 0.2) is 42.5 Å². The van der Waals surface area contributed by atoms with Gasteiger partial charge >= 0.3 is 11.9 Å². The molecule has 2 aromatic carbocycles. The number of carbonyl (C=O) groups is 2. The smallest absolute Gasteiger partial charge is 0.335 e. The Kier molecular flexibility index (Phi) is 7.37. The Morgan fingerprint density at radius 1 is 0.968 bits per heavy atom. The Bertz CT molecular complexity index is 952. The maximum absolute atomic E-state index is 12.4. The van der Waals surface area contributed by atoms with E-state index in [4.69, 9.17) is 37.8 Å². The molecule has 5 N–H and O–H groups in total. The van der Waals surface area contributed by atoms with Crippen molar-refractivity contribution in [1.82, 2.24) is 0 Å². The molecular formula is C20H19Cl2NO8. The number of esters is 1. The van der Waals surface area contributed by atoms with Crippen molar-refractivity contribution in [3.8, 4) is 0 Å². The van der Waals surface area contributed by atoms with Crippen LogP contribution in [0.3, 0.4) is 0 Å². The summed E-state index contributed by atoms with van der Waals surface area (Å²) < 4.78 is 9.99. The first-order chi connectivity index (χ1) is 14.7. The lowest BCUT2D eigenvalue weighted by Gasteiger charge is -2.37. The predicted molar refractivity (Wildman–Crippen MR) is 110 cm³/mol. The minimum absolute atomic E-state index is 0.284. The average Bonchev–Trinajstić information content (AvgIpc) is 2.72. The fourth-order valence-electron chi connectivity index (χ4n) is 3.02. The standard InChI is InChI=1S/C20H19Cl2NO8/c21-10-5-3-6-11(22)14(10)23-12-7-2-1-4-9(12)8-13(24)30-20-17(27)15(25)16(26)18(31-20)19(28)29/h1-7,15-18,20,23,25-27H,8H2,(H,28,29)/t15-,16-,17+,18-,20+/m1/s1. The number of rotatable bonds is 6. The number of aliphatic carboxylic acids is 1. The monoisotopic (exact) mass is 471 g/mol. The number of hydrogen-bond acceptors (Lipinski definition) is 8. The topological polar surface area (TPSA) is 146 Å². The third-order valence-corrected chi connectivity index (χ3v) is 5.27. The molecule has 5 atom stereocenters. The van der Waals surface area contributed by atoms with Crippen molar-refractivity contribution in [3.63, 3.8) is 0 Å². The molecule has 0 aliphatic carbocycles. The molecule has 2 aromatic rings. The molecule has 1 fully saturated rings. The summed E-state index contributed by atoms with van der Waals surface area (Å²) in [5.74, 6) is -2.44. The number of halogens is 2. The van der Waals surface area contributed by atoms with Crippen molar-refractivity contribution in [2.45, 2.75) is 37.1 Å². The van der Waals surface area contributed by atoms with Crippen molar-refractivity contribution in [2.24, 2.45) is 0 Å². The molecule has 0 aromatic heterocycles. The number of nitrogens with one attached hydrogen (secondary N) is 1. The van der Waals surface area contributed by atoms with Crippen molar-refractivity contribution in [1.29, 1.82) is 0 Å². The van der Waals surface area contributed by atoms with E-state index < -0.39 is 42.6 Å². The van der Waals surface area contributed by atoms with Gasteiger partial charge in [-0.2, -0.15) is 0 Å². The average molecular weight is 472 g/mol. The van der Waals surface area contributed by atoms with Crippen LogP contribution in [-0.2, 0) is 25.5 Å². The lowest BCUT2D eigenvalue weighted by atomic mass is 9.99. The van der Waals surface area contributed by atoms with E-state index in [0.717, 1.165) is 0 Å². The minimum atomic E-state index is -1.88. The Hall–Kier alpha value is -2.40. The Balaban J connectivity index is 1.73. The van der Waals surface area contributed by atoms with Gasteiger partial charge < -0.3 is 35.2 Å². The SMILES string of the molecule is O=C(Cc1ccccc1Nc1c(Cl)cccc1Cl)O[C@H]1O[C@@H](C(=O)O)[C@H](O)[C@@H](O)[C@@H]1O. The highest BCUT2D eigenvalue weighted by molar-refractivity contribution is 6.39. The fourth-order valence-corrected chi connectivity index (χ4v) is 3.52. The number of anilines is 2. The molecule has 0 radical (unpaired) electrons. The van der Waals surface area contributed by atoms with Crippen LogP contribution in [-0.4, -0.2) is 63.1 Å². The summed E-state index contributed by atoms with van der Waals surface area (Å²) in [5.41, 5.74) is 1.45. The van der Waals surface area contributed by atoms with E-state index in [2.05, 4.69) is 5.32 Å². The van der Waals surface area contributed by atoms with Crippen LogP contribution in [0.1, 0.15) is 5.56 Å². The lowest BCUT2D eigenvalue weighted by Crippen LogP contribution is -2.60.